The van der Waals surface area contributed by atoms with E-state index in [-0.39, 0.29) is 10.8 Å². The molecule has 0 spiro atoms. The van der Waals surface area contributed by atoms with Gasteiger partial charge in [0.05, 0.1) is 28.3 Å². The van der Waals surface area contributed by atoms with E-state index < -0.39 is 5.54 Å². The Labute approximate surface area is 399 Å². The second kappa shape index (κ2) is 15.1. The van der Waals surface area contributed by atoms with Gasteiger partial charge in [0, 0.05) is 54.5 Å². The fourth-order valence-corrected chi connectivity index (χ4v) is 11.3. The van der Waals surface area contributed by atoms with Crippen LogP contribution in [0.3, 0.4) is 0 Å². The molecule has 1 aliphatic carbocycles. The summed E-state index contributed by atoms with van der Waals surface area (Å²) in [6, 6.07) is 54.1. The van der Waals surface area contributed by atoms with Crippen molar-refractivity contribution in [1.29, 1.82) is 0 Å². The molecule has 1 atom stereocenters. The zero-order chi connectivity index (χ0) is 46.9. The number of benzene rings is 9. The zero-order valence-corrected chi connectivity index (χ0v) is 40.7. The first kappa shape index (κ1) is 42.1. The molecule has 336 valence electrons. The molecule has 68 heavy (non-hydrogen) atoms. The Balaban J connectivity index is 1.23. The molecule has 1 aliphatic rings. The number of rotatable bonds is 7. The van der Waals surface area contributed by atoms with Crippen molar-refractivity contribution in [3.63, 3.8) is 0 Å². The van der Waals surface area contributed by atoms with Gasteiger partial charge in [-0.2, -0.15) is 0 Å². The van der Waals surface area contributed by atoms with Crippen LogP contribution in [0, 0.1) is 0 Å². The molecule has 0 fully saturated rings. The van der Waals surface area contributed by atoms with Crippen LogP contribution >= 0.6 is 0 Å². The maximum atomic E-state index is 7.26. The van der Waals surface area contributed by atoms with Gasteiger partial charge in [-0.25, -0.2) is 0 Å². The minimum atomic E-state index is -0.473. The van der Waals surface area contributed by atoms with Gasteiger partial charge in [0.2, 0.25) is 0 Å². The van der Waals surface area contributed by atoms with Crippen molar-refractivity contribution in [1.82, 2.24) is 0 Å². The monoisotopic (exact) mass is 886 g/mol. The summed E-state index contributed by atoms with van der Waals surface area (Å²) in [4.78, 5) is 5.04. The van der Waals surface area contributed by atoms with Crippen LogP contribution in [0.4, 0.5) is 28.4 Å². The first-order chi connectivity index (χ1) is 32.7. The molecule has 2 aromatic heterocycles. The SMILES string of the molecule is CC(C)c1cc2ccc3c(N(c4ccccc4)c4cccc5c4oc4c(C(C)(C)C)cccc45)cc(N(c4cccc5c4oc4c(C(C)(C)C)cccc45)C4(C)C=CC=CC4)c4ccc(c1)c2c34. The fraction of sp³-hybridized carbons (Fsp3) is 0.219. The lowest BCUT2D eigenvalue weighted by Gasteiger charge is -2.43. The second-order valence-corrected chi connectivity index (χ2v) is 21.7. The molecule has 4 nitrogen and oxygen atoms in total. The molecule has 0 amide bonds. The van der Waals surface area contributed by atoms with Crippen molar-refractivity contribution in [2.24, 2.45) is 0 Å². The highest BCUT2D eigenvalue weighted by molar-refractivity contribution is 6.29. The molecular formula is C64H58N2O2. The molecule has 11 aromatic rings. The van der Waals surface area contributed by atoms with E-state index in [1.807, 2.05) is 0 Å². The Bertz CT molecular complexity index is 3830. The highest BCUT2D eigenvalue weighted by Crippen LogP contribution is 2.54. The number of allylic oxidation sites excluding steroid dienone is 2. The summed E-state index contributed by atoms with van der Waals surface area (Å²) in [6.45, 7) is 20.6. The van der Waals surface area contributed by atoms with E-state index in [1.165, 1.54) is 49.0 Å². The molecular weight excluding hydrogens is 829 g/mol. The van der Waals surface area contributed by atoms with Crippen molar-refractivity contribution < 1.29 is 8.83 Å². The van der Waals surface area contributed by atoms with E-state index in [0.717, 1.165) is 78.7 Å². The van der Waals surface area contributed by atoms with Gasteiger partial charge in [-0.1, -0.05) is 195 Å². The van der Waals surface area contributed by atoms with E-state index in [1.54, 1.807) is 0 Å². The summed E-state index contributed by atoms with van der Waals surface area (Å²) < 4.78 is 14.5. The number of para-hydroxylation sites is 5. The number of hydrogen-bond acceptors (Lipinski definition) is 4. The van der Waals surface area contributed by atoms with E-state index in [0.29, 0.717) is 5.92 Å². The number of fused-ring (bicyclic) bond motifs is 6. The summed E-state index contributed by atoms with van der Waals surface area (Å²) >= 11 is 0. The average molecular weight is 887 g/mol. The summed E-state index contributed by atoms with van der Waals surface area (Å²) in [5.41, 5.74) is 11.9. The van der Waals surface area contributed by atoms with Crippen LogP contribution in [-0.2, 0) is 10.8 Å². The highest BCUT2D eigenvalue weighted by Gasteiger charge is 2.36. The fourth-order valence-electron chi connectivity index (χ4n) is 11.3. The molecule has 12 rings (SSSR count). The zero-order valence-electron chi connectivity index (χ0n) is 40.7. The Morgan fingerprint density at radius 2 is 1.01 bits per heavy atom. The van der Waals surface area contributed by atoms with Crippen molar-refractivity contribution in [2.75, 3.05) is 9.80 Å². The van der Waals surface area contributed by atoms with Gasteiger partial charge in [-0.15, -0.1) is 0 Å². The summed E-state index contributed by atoms with van der Waals surface area (Å²) in [7, 11) is 0. The molecule has 0 saturated carbocycles. The molecule has 0 N–H and O–H groups in total. The lowest BCUT2D eigenvalue weighted by Crippen LogP contribution is -2.42. The molecule has 0 bridgehead atoms. The van der Waals surface area contributed by atoms with E-state index in [9.17, 15) is 0 Å². The van der Waals surface area contributed by atoms with Gasteiger partial charge >= 0.3 is 0 Å². The Kier molecular flexibility index (Phi) is 9.35. The molecule has 0 saturated heterocycles. The summed E-state index contributed by atoms with van der Waals surface area (Å²) in [5, 5.41) is 11.9. The smallest absolute Gasteiger partial charge is 0.159 e. The maximum absolute atomic E-state index is 7.26. The van der Waals surface area contributed by atoms with Crippen LogP contribution in [0.15, 0.2) is 179 Å². The lowest BCUT2D eigenvalue weighted by molar-refractivity contribution is 0.561. The van der Waals surface area contributed by atoms with Crippen LogP contribution in [0.1, 0.15) is 91.3 Å². The molecule has 4 heteroatoms. The normalized spacial score (nSPS) is 15.7. The largest absolute Gasteiger partial charge is 0.454 e. The quantitative estimate of drug-likeness (QED) is 0.149. The van der Waals surface area contributed by atoms with Crippen LogP contribution in [0.25, 0.3) is 76.2 Å². The highest BCUT2D eigenvalue weighted by atomic mass is 16.3. The molecule has 2 heterocycles. The third-order valence-corrected chi connectivity index (χ3v) is 14.7. The Morgan fingerprint density at radius 1 is 0.485 bits per heavy atom. The number of hydrogen-bond donors (Lipinski definition) is 0. The van der Waals surface area contributed by atoms with Crippen LogP contribution < -0.4 is 9.80 Å². The Hall–Kier alpha value is -7.30. The second-order valence-electron chi connectivity index (χ2n) is 21.7. The van der Waals surface area contributed by atoms with E-state index in [4.69, 9.17) is 8.83 Å². The number of anilines is 5. The topological polar surface area (TPSA) is 32.8 Å². The van der Waals surface area contributed by atoms with Crippen molar-refractivity contribution >= 4 is 105 Å². The molecule has 9 aromatic carbocycles. The average Bonchev–Trinajstić information content (AvgIpc) is 3.91. The summed E-state index contributed by atoms with van der Waals surface area (Å²) in [5.74, 6) is 0.393. The van der Waals surface area contributed by atoms with E-state index >= 15 is 0 Å². The number of furan rings is 2. The van der Waals surface area contributed by atoms with Crippen molar-refractivity contribution in [2.45, 2.75) is 91.0 Å². The standard InChI is InChI=1S/C64H58N2O2/c1-39(2)42-36-40-30-32-48-54(65(43-20-12-10-13-21-43)52-28-18-24-46-44-22-16-26-50(62(3,4)5)58(44)67-60(46)52)38-55(49-33-31-41(37-42)56(40)57(48)49)66(64(9)34-14-11-15-35-64)53-29-19-25-47-45-23-17-27-51(63(6,7)8)59(45)68-61(47)53/h10-34,36-39H,35H2,1-9H3. The van der Waals surface area contributed by atoms with Crippen LogP contribution in [0.2, 0.25) is 0 Å². The Morgan fingerprint density at radius 3 is 1.56 bits per heavy atom. The third-order valence-electron chi connectivity index (χ3n) is 14.7. The first-order valence-electron chi connectivity index (χ1n) is 24.3. The van der Waals surface area contributed by atoms with Gasteiger partial charge < -0.3 is 18.6 Å². The molecule has 1 unspecified atom stereocenters. The van der Waals surface area contributed by atoms with Gasteiger partial charge in [0.25, 0.3) is 0 Å². The van der Waals surface area contributed by atoms with Crippen molar-refractivity contribution in [3.05, 3.63) is 187 Å². The van der Waals surface area contributed by atoms with Gasteiger partial charge in [0.15, 0.2) is 11.2 Å². The third kappa shape index (κ3) is 6.40. The summed E-state index contributed by atoms with van der Waals surface area (Å²) in [6.07, 6.45) is 9.87. The lowest BCUT2D eigenvalue weighted by atomic mass is 9.86. The van der Waals surface area contributed by atoms with Crippen LogP contribution in [0.5, 0.6) is 0 Å². The van der Waals surface area contributed by atoms with Crippen LogP contribution in [-0.4, -0.2) is 5.54 Å². The molecule has 0 radical (unpaired) electrons. The first-order valence-corrected chi connectivity index (χ1v) is 24.3. The molecule has 0 aliphatic heterocycles. The van der Waals surface area contributed by atoms with Gasteiger partial charge in [-0.3, -0.25) is 0 Å². The van der Waals surface area contributed by atoms with Gasteiger partial charge in [-0.05, 0) is 82.1 Å². The van der Waals surface area contributed by atoms with Crippen molar-refractivity contribution in [3.8, 4) is 0 Å². The minimum Gasteiger partial charge on any atom is -0.454 e. The van der Waals surface area contributed by atoms with E-state index in [2.05, 4.69) is 242 Å². The predicted molar refractivity (Wildman–Crippen MR) is 291 cm³/mol. The van der Waals surface area contributed by atoms with Gasteiger partial charge in [0.1, 0.15) is 11.2 Å². The minimum absolute atomic E-state index is 0.107. The number of nitrogens with zero attached hydrogens (tertiary/aromatic N) is 2. The predicted octanol–water partition coefficient (Wildman–Crippen LogP) is 19.0. The maximum Gasteiger partial charge on any atom is 0.159 e.